The van der Waals surface area contributed by atoms with Crippen LogP contribution in [0.3, 0.4) is 0 Å². The molecule has 23 heavy (non-hydrogen) atoms. The Kier molecular flexibility index (Phi) is 3.63. The van der Waals surface area contributed by atoms with E-state index in [0.717, 1.165) is 5.56 Å². The van der Waals surface area contributed by atoms with E-state index in [1.807, 2.05) is 26.0 Å². The van der Waals surface area contributed by atoms with Crippen LogP contribution in [0.1, 0.15) is 42.1 Å². The molecular formula is C16H17N2O4S-. The highest BCUT2D eigenvalue weighted by atomic mass is 32.2. The van der Waals surface area contributed by atoms with Crippen LogP contribution >= 0.6 is 11.8 Å². The van der Waals surface area contributed by atoms with Crippen LogP contribution in [0.2, 0.25) is 0 Å². The van der Waals surface area contributed by atoms with Crippen LogP contribution < -0.4 is 10.4 Å². The predicted octanol–water partition coefficient (Wildman–Crippen LogP) is 0.290. The van der Waals surface area contributed by atoms with Gasteiger partial charge in [0.2, 0.25) is 5.91 Å². The Hall–Kier alpha value is -2.02. The number of carbonyl (C=O) groups is 3. The second-order valence-electron chi connectivity index (χ2n) is 6.33. The summed E-state index contributed by atoms with van der Waals surface area (Å²) in [5.74, 6) is -2.01. The molecule has 1 aromatic carbocycles. The summed E-state index contributed by atoms with van der Waals surface area (Å²) < 4.78 is -0.524. The van der Waals surface area contributed by atoms with Crippen LogP contribution in [0.25, 0.3) is 0 Å². The third-order valence-corrected chi connectivity index (χ3v) is 5.79. The van der Waals surface area contributed by atoms with Crippen LogP contribution in [0.5, 0.6) is 0 Å². The molecule has 122 valence electrons. The van der Waals surface area contributed by atoms with E-state index in [4.69, 9.17) is 0 Å². The fraction of sp³-hybridized carbons (Fsp3) is 0.438. The number of rotatable bonds is 3. The second-order valence-corrected chi connectivity index (χ2v) is 8.06. The van der Waals surface area contributed by atoms with Gasteiger partial charge in [-0.3, -0.25) is 9.59 Å². The molecule has 1 aromatic rings. The Labute approximate surface area is 138 Å². The van der Waals surface area contributed by atoms with Crippen LogP contribution in [0, 0.1) is 0 Å². The summed E-state index contributed by atoms with van der Waals surface area (Å²) in [5, 5.41) is 13.1. The van der Waals surface area contributed by atoms with Gasteiger partial charge in [-0.1, -0.05) is 18.2 Å². The molecule has 0 radical (unpaired) electrons. The van der Waals surface area contributed by atoms with Crippen molar-refractivity contribution < 1.29 is 19.5 Å². The number of amides is 2. The van der Waals surface area contributed by atoms with Gasteiger partial charge in [0.25, 0.3) is 5.91 Å². The van der Waals surface area contributed by atoms with Gasteiger partial charge in [-0.25, -0.2) is 0 Å². The lowest BCUT2D eigenvalue weighted by molar-refractivity contribution is -0.307. The Morgan fingerprint density at radius 2 is 2.00 bits per heavy atom. The number of carbonyl (C=O) groups excluding carboxylic acids is 3. The number of nitrogens with zero attached hydrogens (tertiary/aromatic N) is 1. The number of hydrogen-bond acceptors (Lipinski definition) is 5. The van der Waals surface area contributed by atoms with Crippen molar-refractivity contribution in [3.8, 4) is 0 Å². The van der Waals surface area contributed by atoms with E-state index in [2.05, 4.69) is 5.32 Å². The van der Waals surface area contributed by atoms with Crippen LogP contribution in [0.15, 0.2) is 24.3 Å². The molecule has 0 spiro atoms. The van der Waals surface area contributed by atoms with E-state index < -0.39 is 28.7 Å². The molecule has 0 bridgehead atoms. The molecule has 0 aromatic heterocycles. The zero-order chi connectivity index (χ0) is 16.9. The number of carboxylic acid groups (broad SMARTS) is 1. The van der Waals surface area contributed by atoms with E-state index in [-0.39, 0.29) is 11.3 Å². The quantitative estimate of drug-likeness (QED) is 0.859. The maximum absolute atomic E-state index is 12.7. The SMILES string of the molecule is C[C@H](NC(=O)[C@H]1N2C(=O)c3ccccc3[C@H]2SC1(C)C)C(=O)[O-]. The van der Waals surface area contributed by atoms with Crippen molar-refractivity contribution in [3.05, 3.63) is 35.4 Å². The first-order valence-corrected chi connectivity index (χ1v) is 8.22. The largest absolute Gasteiger partial charge is 0.548 e. The van der Waals surface area contributed by atoms with Crippen molar-refractivity contribution >= 4 is 29.5 Å². The molecule has 0 saturated carbocycles. The highest BCUT2D eigenvalue weighted by molar-refractivity contribution is 8.01. The lowest BCUT2D eigenvalue weighted by atomic mass is 10.0. The Bertz CT molecular complexity index is 703. The lowest BCUT2D eigenvalue weighted by Gasteiger charge is -2.30. The van der Waals surface area contributed by atoms with Gasteiger partial charge in [-0.05, 0) is 32.4 Å². The average Bonchev–Trinajstić information content (AvgIpc) is 2.90. The van der Waals surface area contributed by atoms with Gasteiger partial charge in [-0.15, -0.1) is 11.8 Å². The number of nitrogens with one attached hydrogen (secondary N) is 1. The van der Waals surface area contributed by atoms with Crippen molar-refractivity contribution in [1.29, 1.82) is 0 Å². The minimum absolute atomic E-state index is 0.190. The first kappa shape index (κ1) is 15.9. The first-order chi connectivity index (χ1) is 10.7. The number of benzene rings is 1. The van der Waals surface area contributed by atoms with Gasteiger partial charge in [0, 0.05) is 10.3 Å². The number of fused-ring (bicyclic) bond motifs is 3. The van der Waals surface area contributed by atoms with Crippen LogP contribution in [0.4, 0.5) is 0 Å². The molecule has 2 heterocycles. The Morgan fingerprint density at radius 1 is 1.35 bits per heavy atom. The van der Waals surface area contributed by atoms with Crippen LogP contribution in [-0.4, -0.2) is 39.5 Å². The summed E-state index contributed by atoms with van der Waals surface area (Å²) >= 11 is 1.54. The van der Waals surface area contributed by atoms with Gasteiger partial charge >= 0.3 is 0 Å². The number of aliphatic carboxylic acids is 1. The molecule has 2 amide bonds. The fourth-order valence-corrected chi connectivity index (χ4v) is 4.74. The average molecular weight is 333 g/mol. The minimum Gasteiger partial charge on any atom is -0.548 e. The molecule has 3 rings (SSSR count). The van der Waals surface area contributed by atoms with Crippen molar-refractivity contribution in [2.24, 2.45) is 0 Å². The highest BCUT2D eigenvalue weighted by Crippen LogP contribution is 2.56. The summed E-state index contributed by atoms with van der Waals surface area (Å²) in [7, 11) is 0. The second kappa shape index (κ2) is 5.26. The molecule has 3 atom stereocenters. The third-order valence-electron chi connectivity index (χ3n) is 4.26. The highest BCUT2D eigenvalue weighted by Gasteiger charge is 2.57. The van der Waals surface area contributed by atoms with Crippen molar-refractivity contribution in [3.63, 3.8) is 0 Å². The Balaban J connectivity index is 1.94. The monoisotopic (exact) mass is 333 g/mol. The molecule has 0 unspecified atom stereocenters. The van der Waals surface area contributed by atoms with Crippen molar-refractivity contribution in [2.75, 3.05) is 0 Å². The number of hydrogen-bond donors (Lipinski definition) is 1. The summed E-state index contributed by atoms with van der Waals surface area (Å²) in [6, 6.07) is 5.46. The summed E-state index contributed by atoms with van der Waals surface area (Å²) in [5.41, 5.74) is 1.50. The first-order valence-electron chi connectivity index (χ1n) is 7.34. The van der Waals surface area contributed by atoms with E-state index in [0.29, 0.717) is 5.56 Å². The topological polar surface area (TPSA) is 89.5 Å². The van der Waals surface area contributed by atoms with Gasteiger partial charge in [0.1, 0.15) is 11.4 Å². The summed E-state index contributed by atoms with van der Waals surface area (Å²) in [6.07, 6.45) is 0. The molecule has 1 N–H and O–H groups in total. The van der Waals surface area contributed by atoms with Gasteiger partial charge in [-0.2, -0.15) is 0 Å². The zero-order valence-corrected chi connectivity index (χ0v) is 13.8. The minimum atomic E-state index is -1.35. The summed E-state index contributed by atoms with van der Waals surface area (Å²) in [6.45, 7) is 5.12. The van der Waals surface area contributed by atoms with E-state index in [9.17, 15) is 19.5 Å². The predicted molar refractivity (Wildman–Crippen MR) is 83.4 cm³/mol. The molecule has 6 nitrogen and oxygen atoms in total. The maximum Gasteiger partial charge on any atom is 0.256 e. The van der Waals surface area contributed by atoms with Crippen molar-refractivity contribution in [2.45, 2.75) is 43.0 Å². The van der Waals surface area contributed by atoms with E-state index in [1.54, 1.807) is 17.0 Å². The number of carboxylic acids is 1. The number of thioether (sulfide) groups is 1. The third kappa shape index (κ3) is 2.39. The molecule has 7 heteroatoms. The standard InChI is InChI=1S/C16H18N2O4S/c1-8(15(21)22)17-12(19)11-16(2,3)23-14-10-7-5-4-6-9(10)13(20)18(11)14/h4-8,11,14H,1-3H3,(H,17,19)(H,21,22)/p-1/t8-,11+,14+/m0/s1. The van der Waals surface area contributed by atoms with E-state index in [1.165, 1.54) is 18.7 Å². The summed E-state index contributed by atoms with van der Waals surface area (Å²) in [4.78, 5) is 37.7. The van der Waals surface area contributed by atoms with Gasteiger partial charge in [0.05, 0.1) is 12.0 Å². The zero-order valence-electron chi connectivity index (χ0n) is 13.0. The smallest absolute Gasteiger partial charge is 0.256 e. The Morgan fingerprint density at radius 3 is 2.65 bits per heavy atom. The molecule has 2 aliphatic heterocycles. The van der Waals surface area contributed by atoms with Crippen LogP contribution in [-0.2, 0) is 9.59 Å². The molecular weight excluding hydrogens is 316 g/mol. The van der Waals surface area contributed by atoms with Crippen molar-refractivity contribution in [1.82, 2.24) is 10.2 Å². The molecule has 1 fully saturated rings. The molecule has 0 aliphatic carbocycles. The van der Waals surface area contributed by atoms with E-state index >= 15 is 0 Å². The maximum atomic E-state index is 12.7. The molecule has 1 saturated heterocycles. The molecule has 2 aliphatic rings. The van der Waals surface area contributed by atoms with Gasteiger partial charge in [0.15, 0.2) is 0 Å². The normalized spacial score (nSPS) is 25.7. The van der Waals surface area contributed by atoms with Gasteiger partial charge < -0.3 is 20.1 Å². The lowest BCUT2D eigenvalue weighted by Crippen LogP contribution is -2.56. The fourth-order valence-electron chi connectivity index (χ4n) is 3.16.